The van der Waals surface area contributed by atoms with Gasteiger partial charge >= 0.3 is 6.18 Å². The molecule has 0 fully saturated rings. The van der Waals surface area contributed by atoms with E-state index in [1.807, 2.05) is 13.8 Å². The number of carbonyl (C=O) groups excluding carboxylic acids is 1. The molecule has 1 amide bonds. The van der Waals surface area contributed by atoms with Gasteiger partial charge in [0.05, 0.1) is 5.56 Å². The molecule has 6 nitrogen and oxygen atoms in total. The third-order valence-corrected chi connectivity index (χ3v) is 4.47. The molecule has 158 valence electrons. The Morgan fingerprint density at radius 1 is 1.16 bits per heavy atom. The summed E-state index contributed by atoms with van der Waals surface area (Å²) in [5.74, 6) is -0.213. The van der Waals surface area contributed by atoms with E-state index in [0.29, 0.717) is 35.2 Å². The van der Waals surface area contributed by atoms with Crippen LogP contribution in [0.25, 0.3) is 11.1 Å². The van der Waals surface area contributed by atoms with E-state index in [9.17, 15) is 23.2 Å². The number of halogens is 3. The molecule has 0 spiro atoms. The standard InChI is InChI=1S/C22H18F3N5O/c1-3-27-20-15(11-26)8-16(12-29-20)18-10-17(5-4-13(18)2)30-21(31)14-6-7-28-19(9-14)22(23,24)25/h4-10,12H,3H2,1-2H3,(H,27,29)(H,30,31). The van der Waals surface area contributed by atoms with Crippen LogP contribution in [0.3, 0.4) is 0 Å². The zero-order valence-corrected chi connectivity index (χ0v) is 16.7. The van der Waals surface area contributed by atoms with Crippen molar-refractivity contribution in [2.45, 2.75) is 20.0 Å². The fraction of sp³-hybridized carbons (Fsp3) is 0.182. The number of anilines is 2. The van der Waals surface area contributed by atoms with Gasteiger partial charge in [-0.1, -0.05) is 6.07 Å². The topological polar surface area (TPSA) is 90.7 Å². The maximum atomic E-state index is 12.9. The maximum Gasteiger partial charge on any atom is 0.433 e. The highest BCUT2D eigenvalue weighted by Gasteiger charge is 2.33. The van der Waals surface area contributed by atoms with Crippen molar-refractivity contribution in [2.24, 2.45) is 0 Å². The van der Waals surface area contributed by atoms with E-state index in [1.165, 1.54) is 6.07 Å². The molecule has 2 aromatic heterocycles. The van der Waals surface area contributed by atoms with Gasteiger partial charge in [-0.3, -0.25) is 9.78 Å². The molecule has 9 heteroatoms. The monoisotopic (exact) mass is 425 g/mol. The summed E-state index contributed by atoms with van der Waals surface area (Å²) in [5.41, 5.74) is 1.76. The summed E-state index contributed by atoms with van der Waals surface area (Å²) in [6.07, 6.45) is -2.08. The molecule has 1 aromatic carbocycles. The van der Waals surface area contributed by atoms with Gasteiger partial charge in [-0.15, -0.1) is 0 Å². The second-order valence-corrected chi connectivity index (χ2v) is 6.67. The fourth-order valence-electron chi connectivity index (χ4n) is 2.95. The largest absolute Gasteiger partial charge is 0.433 e. The Bertz CT molecular complexity index is 1170. The number of benzene rings is 1. The van der Waals surface area contributed by atoms with Crippen molar-refractivity contribution >= 4 is 17.4 Å². The lowest BCUT2D eigenvalue weighted by Crippen LogP contribution is -2.15. The molecule has 0 aliphatic heterocycles. The summed E-state index contributed by atoms with van der Waals surface area (Å²) in [5, 5.41) is 15.0. The van der Waals surface area contributed by atoms with Crippen LogP contribution in [0.2, 0.25) is 0 Å². The quantitative estimate of drug-likeness (QED) is 0.599. The minimum absolute atomic E-state index is 0.159. The van der Waals surface area contributed by atoms with Gasteiger partial charge in [0, 0.05) is 35.8 Å². The normalized spacial score (nSPS) is 11.0. The number of hydrogen-bond acceptors (Lipinski definition) is 5. The SMILES string of the molecule is CCNc1ncc(-c2cc(NC(=O)c3ccnc(C(F)(F)F)c3)ccc2C)cc1C#N. The molecular weight excluding hydrogens is 407 g/mol. The van der Waals surface area contributed by atoms with Crippen molar-refractivity contribution in [3.63, 3.8) is 0 Å². The number of pyridine rings is 2. The van der Waals surface area contributed by atoms with E-state index in [2.05, 4.69) is 26.7 Å². The molecule has 0 bridgehead atoms. The molecule has 0 aliphatic rings. The molecule has 2 N–H and O–H groups in total. The highest BCUT2D eigenvalue weighted by molar-refractivity contribution is 6.04. The number of alkyl halides is 3. The van der Waals surface area contributed by atoms with Crippen LogP contribution >= 0.6 is 0 Å². The van der Waals surface area contributed by atoms with Crippen molar-refractivity contribution in [2.75, 3.05) is 17.2 Å². The van der Waals surface area contributed by atoms with Crippen LogP contribution in [0, 0.1) is 18.3 Å². The molecule has 0 saturated heterocycles. The first-order valence-electron chi connectivity index (χ1n) is 9.32. The van der Waals surface area contributed by atoms with Gasteiger partial charge in [-0.2, -0.15) is 18.4 Å². The van der Waals surface area contributed by atoms with Crippen LogP contribution in [0.15, 0.2) is 48.8 Å². The number of aromatic nitrogens is 2. The lowest BCUT2D eigenvalue weighted by Gasteiger charge is -2.12. The summed E-state index contributed by atoms with van der Waals surface area (Å²) >= 11 is 0. The smallest absolute Gasteiger partial charge is 0.369 e. The number of amides is 1. The van der Waals surface area contributed by atoms with Crippen LogP contribution in [-0.4, -0.2) is 22.4 Å². The summed E-state index contributed by atoms with van der Waals surface area (Å²) in [6, 6.07) is 10.8. The zero-order valence-electron chi connectivity index (χ0n) is 16.7. The lowest BCUT2D eigenvalue weighted by molar-refractivity contribution is -0.141. The number of nitrogens with one attached hydrogen (secondary N) is 2. The first-order chi connectivity index (χ1) is 14.7. The first kappa shape index (κ1) is 21.8. The summed E-state index contributed by atoms with van der Waals surface area (Å²) in [6.45, 7) is 4.38. The van der Waals surface area contributed by atoms with Crippen LogP contribution in [-0.2, 0) is 6.18 Å². The van der Waals surface area contributed by atoms with Gasteiger partial charge in [0.2, 0.25) is 0 Å². The van der Waals surface area contributed by atoms with Gasteiger partial charge in [0.1, 0.15) is 17.6 Å². The molecule has 0 atom stereocenters. The van der Waals surface area contributed by atoms with Gasteiger partial charge in [0.25, 0.3) is 5.91 Å². The molecule has 2 heterocycles. The van der Waals surface area contributed by atoms with E-state index in [4.69, 9.17) is 0 Å². The minimum Gasteiger partial charge on any atom is -0.369 e. The van der Waals surface area contributed by atoms with E-state index in [-0.39, 0.29) is 5.56 Å². The van der Waals surface area contributed by atoms with E-state index >= 15 is 0 Å². The van der Waals surface area contributed by atoms with Gasteiger partial charge in [-0.25, -0.2) is 4.98 Å². The van der Waals surface area contributed by atoms with Crippen molar-refractivity contribution < 1.29 is 18.0 Å². The summed E-state index contributed by atoms with van der Waals surface area (Å²) in [4.78, 5) is 20.0. The minimum atomic E-state index is -4.64. The third-order valence-electron chi connectivity index (χ3n) is 4.47. The first-order valence-corrected chi connectivity index (χ1v) is 9.32. The number of nitriles is 1. The lowest BCUT2D eigenvalue weighted by atomic mass is 10.00. The Kier molecular flexibility index (Phi) is 6.20. The van der Waals surface area contributed by atoms with Crippen LogP contribution < -0.4 is 10.6 Å². The summed E-state index contributed by atoms with van der Waals surface area (Å²) < 4.78 is 38.6. The Hall–Kier alpha value is -3.93. The molecule has 0 aliphatic carbocycles. The third kappa shape index (κ3) is 4.98. The molecule has 31 heavy (non-hydrogen) atoms. The Balaban J connectivity index is 1.90. The molecule has 3 rings (SSSR count). The Labute approximate surface area is 176 Å². The fourth-order valence-corrected chi connectivity index (χ4v) is 2.95. The molecule has 0 saturated carbocycles. The highest BCUT2D eigenvalue weighted by atomic mass is 19.4. The molecular formula is C22H18F3N5O. The van der Waals surface area contributed by atoms with Crippen LogP contribution in [0.5, 0.6) is 0 Å². The Morgan fingerprint density at radius 2 is 1.94 bits per heavy atom. The average Bonchev–Trinajstić information content (AvgIpc) is 2.75. The Morgan fingerprint density at radius 3 is 2.61 bits per heavy atom. The number of nitrogens with zero attached hydrogens (tertiary/aromatic N) is 3. The van der Waals surface area contributed by atoms with E-state index in [0.717, 1.165) is 17.3 Å². The van der Waals surface area contributed by atoms with Crippen molar-refractivity contribution in [1.29, 1.82) is 5.26 Å². The molecule has 0 radical (unpaired) electrons. The zero-order chi connectivity index (χ0) is 22.6. The van der Waals surface area contributed by atoms with Gasteiger partial charge in [-0.05, 0) is 55.3 Å². The number of carbonyl (C=O) groups is 1. The second kappa shape index (κ2) is 8.83. The van der Waals surface area contributed by atoms with E-state index < -0.39 is 17.8 Å². The van der Waals surface area contributed by atoms with Gasteiger partial charge < -0.3 is 10.6 Å². The molecule has 0 unspecified atom stereocenters. The van der Waals surface area contributed by atoms with Crippen molar-refractivity contribution in [1.82, 2.24) is 9.97 Å². The summed E-state index contributed by atoms with van der Waals surface area (Å²) in [7, 11) is 0. The van der Waals surface area contributed by atoms with Crippen LogP contribution in [0.1, 0.15) is 34.1 Å². The maximum absolute atomic E-state index is 12.9. The predicted molar refractivity (Wildman–Crippen MR) is 110 cm³/mol. The van der Waals surface area contributed by atoms with Crippen molar-refractivity contribution in [3.8, 4) is 17.2 Å². The number of rotatable bonds is 5. The average molecular weight is 425 g/mol. The molecule has 3 aromatic rings. The number of aryl methyl sites for hydroxylation is 1. The second-order valence-electron chi connectivity index (χ2n) is 6.67. The highest BCUT2D eigenvalue weighted by Crippen LogP contribution is 2.30. The van der Waals surface area contributed by atoms with Crippen molar-refractivity contribution in [3.05, 3.63) is 71.2 Å². The van der Waals surface area contributed by atoms with Gasteiger partial charge in [0.15, 0.2) is 0 Å². The van der Waals surface area contributed by atoms with Crippen LogP contribution in [0.4, 0.5) is 24.7 Å². The van der Waals surface area contributed by atoms with E-state index in [1.54, 1.807) is 30.5 Å². The predicted octanol–water partition coefficient (Wildman–Crippen LogP) is 5.03. The number of hydrogen-bond donors (Lipinski definition) is 2.